The maximum absolute atomic E-state index is 13.1. The van der Waals surface area contributed by atoms with Crippen LogP contribution in [0.1, 0.15) is 37.1 Å². The van der Waals surface area contributed by atoms with Crippen molar-refractivity contribution >= 4 is 23.2 Å². The molecule has 0 saturated carbocycles. The Kier molecular flexibility index (Phi) is 6.23. The first-order valence-electron chi connectivity index (χ1n) is 8.98. The molecule has 0 aliphatic carbocycles. The second-order valence-corrected chi connectivity index (χ2v) is 7.70. The third-order valence-electron chi connectivity index (χ3n) is 5.23. The van der Waals surface area contributed by atoms with Crippen molar-refractivity contribution in [3.8, 4) is 0 Å². The number of unbranched alkanes of at least 4 members (excludes halogenated alkanes) is 1. The summed E-state index contributed by atoms with van der Waals surface area (Å²) in [5, 5.41) is 11.7. The van der Waals surface area contributed by atoms with Crippen molar-refractivity contribution in [3.05, 3.63) is 51.8 Å². The number of aromatic nitrogens is 2. The van der Waals surface area contributed by atoms with Crippen LogP contribution >= 0.6 is 23.2 Å². The van der Waals surface area contributed by atoms with Gasteiger partial charge in [0.1, 0.15) is 16.8 Å². The molecule has 0 bridgehead atoms. The van der Waals surface area contributed by atoms with E-state index in [4.69, 9.17) is 23.2 Å². The van der Waals surface area contributed by atoms with E-state index in [1.54, 1.807) is 12.1 Å². The van der Waals surface area contributed by atoms with Gasteiger partial charge in [0.25, 0.3) is 0 Å². The van der Waals surface area contributed by atoms with Gasteiger partial charge in [-0.05, 0) is 56.8 Å². The minimum absolute atomic E-state index is 0.274. The van der Waals surface area contributed by atoms with Gasteiger partial charge in [-0.25, -0.2) is 9.37 Å². The van der Waals surface area contributed by atoms with Crippen LogP contribution in [0.2, 0.25) is 10.3 Å². The number of rotatable bonds is 6. The zero-order chi connectivity index (χ0) is 18.7. The predicted octanol–water partition coefficient (Wildman–Crippen LogP) is 4.40. The minimum Gasteiger partial charge on any atom is -0.385 e. The number of aliphatic hydroxyl groups is 1. The van der Waals surface area contributed by atoms with E-state index in [-0.39, 0.29) is 5.82 Å². The largest absolute Gasteiger partial charge is 0.385 e. The topological polar surface area (TPSA) is 41.3 Å². The van der Waals surface area contributed by atoms with Gasteiger partial charge in [-0.3, -0.25) is 0 Å². The zero-order valence-corrected chi connectivity index (χ0v) is 16.4. The number of aryl methyl sites for hydroxylation is 1. The summed E-state index contributed by atoms with van der Waals surface area (Å²) in [6.45, 7) is 5.37. The first-order valence-corrected chi connectivity index (χ1v) is 9.73. The lowest BCUT2D eigenvalue weighted by Crippen LogP contribution is -2.42. The fraction of sp³-hybridized carbons (Fsp3) is 0.526. The molecular formula is C19H24Cl2FN3O. The highest BCUT2D eigenvalue weighted by Crippen LogP contribution is 2.33. The van der Waals surface area contributed by atoms with Crippen molar-refractivity contribution in [2.45, 2.75) is 44.8 Å². The molecule has 2 heterocycles. The Bertz CT molecular complexity index is 740. The SMILES string of the molecule is Cc1nc(Cl)c(Cl)n1CCCCN1CCC(O)(c2ccc(F)cc2)CC1. The van der Waals surface area contributed by atoms with Crippen LogP contribution in [0, 0.1) is 12.7 Å². The van der Waals surface area contributed by atoms with E-state index < -0.39 is 5.60 Å². The molecule has 142 valence electrons. The monoisotopic (exact) mass is 399 g/mol. The Hall–Kier alpha value is -1.14. The number of halogens is 3. The highest BCUT2D eigenvalue weighted by molar-refractivity contribution is 6.40. The van der Waals surface area contributed by atoms with Crippen LogP contribution < -0.4 is 0 Å². The number of nitrogens with zero attached hydrogens (tertiary/aromatic N) is 3. The number of benzene rings is 1. The van der Waals surface area contributed by atoms with Crippen LogP contribution in [0.4, 0.5) is 4.39 Å². The van der Waals surface area contributed by atoms with Gasteiger partial charge in [0.05, 0.1) is 5.60 Å². The van der Waals surface area contributed by atoms with Gasteiger partial charge in [-0.15, -0.1) is 0 Å². The second-order valence-electron chi connectivity index (χ2n) is 6.98. The molecule has 0 spiro atoms. The quantitative estimate of drug-likeness (QED) is 0.731. The van der Waals surface area contributed by atoms with E-state index in [9.17, 15) is 9.50 Å². The molecule has 1 aliphatic rings. The molecule has 4 nitrogen and oxygen atoms in total. The van der Waals surface area contributed by atoms with Gasteiger partial charge in [-0.1, -0.05) is 35.3 Å². The van der Waals surface area contributed by atoms with E-state index in [0.717, 1.165) is 50.4 Å². The summed E-state index contributed by atoms with van der Waals surface area (Å²) in [5.74, 6) is 0.562. The normalized spacial score (nSPS) is 17.6. The zero-order valence-electron chi connectivity index (χ0n) is 14.9. The lowest BCUT2D eigenvalue weighted by molar-refractivity contribution is -0.0261. The Morgan fingerprint density at radius 3 is 2.31 bits per heavy atom. The van der Waals surface area contributed by atoms with Crippen LogP contribution in [0.25, 0.3) is 0 Å². The van der Waals surface area contributed by atoms with Crippen molar-refractivity contribution in [1.29, 1.82) is 0 Å². The molecule has 0 unspecified atom stereocenters. The number of piperidine rings is 1. The standard InChI is InChI=1S/C19H24Cl2FN3O/c1-14-23-17(20)18(21)25(14)11-3-2-10-24-12-8-19(26,9-13-24)15-4-6-16(22)7-5-15/h4-7,26H,2-3,8-13H2,1H3. The lowest BCUT2D eigenvalue weighted by atomic mass is 9.84. The minimum atomic E-state index is -0.845. The summed E-state index contributed by atoms with van der Waals surface area (Å²) >= 11 is 12.1. The van der Waals surface area contributed by atoms with Crippen molar-refractivity contribution in [2.24, 2.45) is 0 Å². The smallest absolute Gasteiger partial charge is 0.166 e. The van der Waals surface area contributed by atoms with Gasteiger partial charge in [0.2, 0.25) is 0 Å². The highest BCUT2D eigenvalue weighted by Gasteiger charge is 2.33. The molecule has 0 radical (unpaired) electrons. The van der Waals surface area contributed by atoms with Crippen LogP contribution in [-0.2, 0) is 12.1 Å². The Labute approximate surface area is 163 Å². The summed E-state index contributed by atoms with van der Waals surface area (Å²) in [4.78, 5) is 6.53. The summed E-state index contributed by atoms with van der Waals surface area (Å²) in [5.41, 5.74) is -0.0387. The van der Waals surface area contributed by atoms with Crippen molar-refractivity contribution in [2.75, 3.05) is 19.6 Å². The Morgan fingerprint density at radius 2 is 1.73 bits per heavy atom. The Balaban J connectivity index is 1.43. The molecular weight excluding hydrogens is 376 g/mol. The molecule has 1 aliphatic heterocycles. The van der Waals surface area contributed by atoms with Crippen LogP contribution in [-0.4, -0.2) is 39.2 Å². The molecule has 1 aromatic heterocycles. The number of likely N-dealkylation sites (tertiary alicyclic amines) is 1. The molecule has 2 aromatic rings. The van der Waals surface area contributed by atoms with Crippen LogP contribution in [0.3, 0.4) is 0 Å². The summed E-state index contributed by atoms with van der Waals surface area (Å²) in [6.07, 6.45) is 3.37. The van der Waals surface area contributed by atoms with E-state index in [0.29, 0.717) is 23.1 Å². The third kappa shape index (κ3) is 4.39. The van der Waals surface area contributed by atoms with Crippen LogP contribution in [0.15, 0.2) is 24.3 Å². The second kappa shape index (κ2) is 8.26. The number of hydrogen-bond acceptors (Lipinski definition) is 3. The van der Waals surface area contributed by atoms with E-state index >= 15 is 0 Å². The Morgan fingerprint density at radius 1 is 1.12 bits per heavy atom. The van der Waals surface area contributed by atoms with Gasteiger partial charge in [0, 0.05) is 19.6 Å². The summed E-state index contributed by atoms with van der Waals surface area (Å²) in [6, 6.07) is 6.20. The molecule has 26 heavy (non-hydrogen) atoms. The van der Waals surface area contributed by atoms with Gasteiger partial charge >= 0.3 is 0 Å². The van der Waals surface area contributed by atoms with E-state index in [1.165, 1.54) is 12.1 Å². The van der Waals surface area contributed by atoms with Gasteiger partial charge < -0.3 is 14.6 Å². The maximum atomic E-state index is 13.1. The van der Waals surface area contributed by atoms with Gasteiger partial charge in [0.15, 0.2) is 5.15 Å². The molecule has 3 rings (SSSR count). The molecule has 0 amide bonds. The summed E-state index contributed by atoms with van der Waals surface area (Å²) < 4.78 is 15.0. The maximum Gasteiger partial charge on any atom is 0.166 e. The first-order chi connectivity index (χ1) is 12.4. The summed E-state index contributed by atoms with van der Waals surface area (Å²) in [7, 11) is 0. The van der Waals surface area contributed by atoms with E-state index in [2.05, 4.69) is 9.88 Å². The fourth-order valence-corrected chi connectivity index (χ4v) is 4.04. The molecule has 0 atom stereocenters. The predicted molar refractivity (Wildman–Crippen MR) is 102 cm³/mol. The average molecular weight is 400 g/mol. The molecule has 1 fully saturated rings. The molecule has 1 N–H and O–H groups in total. The van der Waals surface area contributed by atoms with Crippen LogP contribution in [0.5, 0.6) is 0 Å². The highest BCUT2D eigenvalue weighted by atomic mass is 35.5. The lowest BCUT2D eigenvalue weighted by Gasteiger charge is -2.38. The third-order valence-corrected chi connectivity index (χ3v) is 5.97. The van der Waals surface area contributed by atoms with Crippen molar-refractivity contribution < 1.29 is 9.50 Å². The first kappa shape index (κ1) is 19.6. The number of hydrogen-bond donors (Lipinski definition) is 1. The van der Waals surface area contributed by atoms with E-state index in [1.807, 2.05) is 11.5 Å². The van der Waals surface area contributed by atoms with Crippen molar-refractivity contribution in [3.63, 3.8) is 0 Å². The van der Waals surface area contributed by atoms with Gasteiger partial charge in [-0.2, -0.15) is 0 Å². The average Bonchev–Trinajstić information content (AvgIpc) is 2.86. The molecule has 7 heteroatoms. The van der Waals surface area contributed by atoms with Crippen molar-refractivity contribution in [1.82, 2.24) is 14.5 Å². The molecule has 1 saturated heterocycles. The molecule has 1 aromatic carbocycles. The number of imidazole rings is 1. The fourth-order valence-electron chi connectivity index (χ4n) is 3.56.